The first-order valence-corrected chi connectivity index (χ1v) is 13.9. The molecule has 2 aromatic heterocycles. The first kappa shape index (κ1) is 27.3. The molecule has 5 aromatic rings. The molecule has 1 amide bonds. The largest absolute Gasteiger partial charge is 0.454 e. The van der Waals surface area contributed by atoms with Crippen molar-refractivity contribution in [1.29, 1.82) is 0 Å². The van der Waals surface area contributed by atoms with Gasteiger partial charge in [-0.3, -0.25) is 4.79 Å². The highest BCUT2D eigenvalue weighted by molar-refractivity contribution is 6.30. The number of benzene rings is 3. The number of halogens is 1. The van der Waals surface area contributed by atoms with Crippen LogP contribution in [0, 0.1) is 0 Å². The first-order valence-electron chi connectivity index (χ1n) is 13.6. The number of imidazole rings is 1. The predicted molar refractivity (Wildman–Crippen MR) is 162 cm³/mol. The number of likely N-dealkylation sites (N-methyl/N-ethyl adjacent to an activating group) is 2. The smallest absolute Gasteiger partial charge is 0.253 e. The van der Waals surface area contributed by atoms with Crippen LogP contribution in [0.2, 0.25) is 5.02 Å². The lowest BCUT2D eigenvalue weighted by Crippen LogP contribution is -2.35. The summed E-state index contributed by atoms with van der Waals surface area (Å²) in [5, 5.41) is 3.98. The van der Waals surface area contributed by atoms with Crippen molar-refractivity contribution in [2.45, 2.75) is 13.1 Å². The van der Waals surface area contributed by atoms with Crippen molar-refractivity contribution in [2.24, 2.45) is 0 Å². The van der Waals surface area contributed by atoms with Crippen molar-refractivity contribution in [3.63, 3.8) is 0 Å². The molecule has 0 unspecified atom stereocenters. The summed E-state index contributed by atoms with van der Waals surface area (Å²) in [7, 11) is 3.69. The van der Waals surface area contributed by atoms with Gasteiger partial charge in [-0.15, -0.1) is 0 Å². The fourth-order valence-electron chi connectivity index (χ4n) is 4.70. The third-order valence-electron chi connectivity index (χ3n) is 7.08. The lowest BCUT2D eigenvalue weighted by molar-refractivity contribution is 0.0798. The van der Waals surface area contributed by atoms with Gasteiger partial charge in [0, 0.05) is 44.3 Å². The van der Waals surface area contributed by atoms with E-state index in [1.807, 2.05) is 52.9 Å². The van der Waals surface area contributed by atoms with Crippen LogP contribution in [0.1, 0.15) is 21.5 Å². The third-order valence-corrected chi connectivity index (χ3v) is 7.31. The Balaban J connectivity index is 1.24. The maximum atomic E-state index is 12.9. The Kier molecular flexibility index (Phi) is 7.78. The summed E-state index contributed by atoms with van der Waals surface area (Å²) in [6.07, 6.45) is 1.79. The van der Waals surface area contributed by atoms with Gasteiger partial charge in [-0.05, 0) is 41.5 Å². The van der Waals surface area contributed by atoms with Crippen molar-refractivity contribution in [3.8, 4) is 11.5 Å². The van der Waals surface area contributed by atoms with E-state index in [-0.39, 0.29) is 12.7 Å². The standard InChI is InChI=1S/C31H30ClN7O3/c1-37(30(40)23-9-6-10-24(32)16-23)13-14-38(2)31-35-28(33-17-22-11-12-25-26(15-22)42-20-41-25)27-29(36-31)39(19-34-27)18-21-7-4-3-5-8-21/h3-12,15-16,19H,13-14,17-18,20H2,1-2H3,(H,33,35,36). The molecule has 0 aliphatic carbocycles. The number of carbonyl (C=O) groups excluding carboxylic acids is 1. The first-order chi connectivity index (χ1) is 20.4. The number of hydrogen-bond acceptors (Lipinski definition) is 8. The van der Waals surface area contributed by atoms with Crippen LogP contribution in [0.4, 0.5) is 11.8 Å². The number of hydrogen-bond donors (Lipinski definition) is 1. The molecule has 11 heteroatoms. The minimum absolute atomic E-state index is 0.103. The van der Waals surface area contributed by atoms with Gasteiger partial charge in [-0.2, -0.15) is 9.97 Å². The van der Waals surface area contributed by atoms with E-state index < -0.39 is 0 Å². The molecule has 0 spiro atoms. The van der Waals surface area contributed by atoms with Crippen LogP contribution >= 0.6 is 11.6 Å². The van der Waals surface area contributed by atoms with Gasteiger partial charge in [-0.1, -0.05) is 54.1 Å². The Morgan fingerprint density at radius 1 is 0.952 bits per heavy atom. The lowest BCUT2D eigenvalue weighted by atomic mass is 10.2. The third kappa shape index (κ3) is 5.94. The molecule has 0 saturated carbocycles. The molecule has 1 N–H and O–H groups in total. The van der Waals surface area contributed by atoms with Gasteiger partial charge < -0.3 is 29.2 Å². The summed E-state index contributed by atoms with van der Waals surface area (Å²) in [5.41, 5.74) is 4.10. The van der Waals surface area contributed by atoms with E-state index in [4.69, 9.17) is 31.0 Å². The Morgan fingerprint density at radius 3 is 2.62 bits per heavy atom. The van der Waals surface area contributed by atoms with Gasteiger partial charge in [-0.25, -0.2) is 4.98 Å². The van der Waals surface area contributed by atoms with E-state index in [2.05, 4.69) is 22.4 Å². The fourth-order valence-corrected chi connectivity index (χ4v) is 4.89. The Labute approximate surface area is 248 Å². The van der Waals surface area contributed by atoms with Crippen molar-refractivity contribution < 1.29 is 14.3 Å². The molecule has 214 valence electrons. The molecule has 1 aliphatic rings. The zero-order valence-electron chi connectivity index (χ0n) is 23.3. The minimum atomic E-state index is -0.103. The molecular weight excluding hydrogens is 554 g/mol. The number of anilines is 2. The summed E-state index contributed by atoms with van der Waals surface area (Å²) in [6, 6.07) is 23.0. The van der Waals surface area contributed by atoms with Gasteiger partial charge >= 0.3 is 0 Å². The number of rotatable bonds is 10. The number of nitrogens with zero attached hydrogens (tertiary/aromatic N) is 6. The second-order valence-corrected chi connectivity index (χ2v) is 10.5. The highest BCUT2D eigenvalue weighted by Crippen LogP contribution is 2.33. The highest BCUT2D eigenvalue weighted by atomic mass is 35.5. The number of amides is 1. The lowest BCUT2D eigenvalue weighted by Gasteiger charge is -2.23. The van der Waals surface area contributed by atoms with Crippen molar-refractivity contribution in [1.82, 2.24) is 24.4 Å². The molecule has 0 saturated heterocycles. The number of nitrogens with one attached hydrogen (secondary N) is 1. The molecular formula is C31H30ClN7O3. The summed E-state index contributed by atoms with van der Waals surface area (Å²) in [5.74, 6) is 2.51. The molecule has 0 bridgehead atoms. The number of ether oxygens (including phenoxy) is 2. The van der Waals surface area contributed by atoms with Crippen LogP contribution in [-0.4, -0.2) is 64.3 Å². The van der Waals surface area contributed by atoms with E-state index in [0.29, 0.717) is 59.7 Å². The van der Waals surface area contributed by atoms with Crippen molar-refractivity contribution in [2.75, 3.05) is 44.2 Å². The molecule has 1 aliphatic heterocycles. The second kappa shape index (κ2) is 12.0. The Hall–Kier alpha value is -4.83. The van der Waals surface area contributed by atoms with Gasteiger partial charge in [0.15, 0.2) is 28.5 Å². The van der Waals surface area contributed by atoms with E-state index in [0.717, 1.165) is 22.6 Å². The van der Waals surface area contributed by atoms with Crippen LogP contribution in [0.3, 0.4) is 0 Å². The molecule has 0 radical (unpaired) electrons. The Morgan fingerprint density at radius 2 is 1.79 bits per heavy atom. The second-order valence-electron chi connectivity index (χ2n) is 10.1. The molecule has 3 heterocycles. The average Bonchev–Trinajstić information content (AvgIpc) is 3.65. The SMILES string of the molecule is CN(CCN(C)c1nc(NCc2ccc3c(c2)OCO3)c2ncn(Cc3ccccc3)c2n1)C(=O)c1cccc(Cl)c1. The Bertz CT molecular complexity index is 1730. The van der Waals surface area contributed by atoms with E-state index in [1.165, 1.54) is 0 Å². The molecule has 0 atom stereocenters. The van der Waals surface area contributed by atoms with Crippen molar-refractivity contribution >= 4 is 40.4 Å². The highest BCUT2D eigenvalue weighted by Gasteiger charge is 2.19. The zero-order valence-corrected chi connectivity index (χ0v) is 24.1. The van der Waals surface area contributed by atoms with E-state index in [1.54, 1.807) is 42.5 Å². The molecule has 3 aromatic carbocycles. The number of carbonyl (C=O) groups is 1. The van der Waals surface area contributed by atoms with Gasteiger partial charge in [0.2, 0.25) is 12.7 Å². The monoisotopic (exact) mass is 583 g/mol. The summed E-state index contributed by atoms with van der Waals surface area (Å²) in [6.45, 7) is 2.34. The van der Waals surface area contributed by atoms with Crippen LogP contribution in [0.5, 0.6) is 11.5 Å². The molecule has 42 heavy (non-hydrogen) atoms. The summed E-state index contributed by atoms with van der Waals surface area (Å²) >= 11 is 6.09. The van der Waals surface area contributed by atoms with E-state index in [9.17, 15) is 4.79 Å². The van der Waals surface area contributed by atoms with Gasteiger partial charge in [0.1, 0.15) is 0 Å². The fraction of sp³-hybridized carbons (Fsp3) is 0.226. The predicted octanol–water partition coefficient (Wildman–Crippen LogP) is 5.08. The van der Waals surface area contributed by atoms with Gasteiger partial charge in [0.05, 0.1) is 12.9 Å². The molecule has 0 fully saturated rings. The normalized spacial score (nSPS) is 12.0. The molecule has 10 nitrogen and oxygen atoms in total. The van der Waals surface area contributed by atoms with Crippen LogP contribution < -0.4 is 19.7 Å². The van der Waals surface area contributed by atoms with Crippen LogP contribution in [-0.2, 0) is 13.1 Å². The quantitative estimate of drug-likeness (QED) is 0.243. The molecule has 6 rings (SSSR count). The van der Waals surface area contributed by atoms with Gasteiger partial charge in [0.25, 0.3) is 5.91 Å². The number of fused-ring (bicyclic) bond motifs is 2. The number of aromatic nitrogens is 4. The summed E-state index contributed by atoms with van der Waals surface area (Å²) in [4.78, 5) is 31.0. The average molecular weight is 584 g/mol. The van der Waals surface area contributed by atoms with E-state index >= 15 is 0 Å². The topological polar surface area (TPSA) is 97.6 Å². The van der Waals surface area contributed by atoms with Crippen LogP contribution in [0.15, 0.2) is 79.1 Å². The zero-order chi connectivity index (χ0) is 29.1. The van der Waals surface area contributed by atoms with Crippen molar-refractivity contribution in [3.05, 3.63) is 101 Å². The minimum Gasteiger partial charge on any atom is -0.454 e. The maximum Gasteiger partial charge on any atom is 0.253 e. The summed E-state index contributed by atoms with van der Waals surface area (Å²) < 4.78 is 13.0. The van der Waals surface area contributed by atoms with Crippen LogP contribution in [0.25, 0.3) is 11.2 Å². The maximum absolute atomic E-state index is 12.9.